The molecular formula is C14H18N2O8S. The number of fused-ring (bicyclic) bond motifs is 1. The molecule has 0 aromatic heterocycles. The molecule has 2 unspecified atom stereocenters. The van der Waals surface area contributed by atoms with Gasteiger partial charge in [0.05, 0.1) is 6.61 Å². The van der Waals surface area contributed by atoms with Gasteiger partial charge in [-0.15, -0.1) is 11.8 Å². The molecule has 3 atom stereocenters. The van der Waals surface area contributed by atoms with Crippen LogP contribution in [0.15, 0.2) is 11.3 Å². The number of carboxylic acid groups (broad SMARTS) is 2. The van der Waals surface area contributed by atoms with Crippen LogP contribution in [-0.2, 0) is 19.2 Å². The first-order chi connectivity index (χ1) is 11.8. The van der Waals surface area contributed by atoms with Gasteiger partial charge in [-0.2, -0.15) is 0 Å². The number of aliphatic hydroxyl groups excluding tert-OH is 2. The van der Waals surface area contributed by atoms with Crippen molar-refractivity contribution >= 4 is 35.5 Å². The predicted molar refractivity (Wildman–Crippen MR) is 84.3 cm³/mol. The van der Waals surface area contributed by atoms with Crippen molar-refractivity contribution < 1.29 is 39.6 Å². The number of hydrogen-bond acceptors (Lipinski definition) is 7. The summed E-state index contributed by atoms with van der Waals surface area (Å²) in [4.78, 5) is 46.9. The zero-order valence-corrected chi connectivity index (χ0v) is 13.9. The van der Waals surface area contributed by atoms with E-state index in [2.05, 4.69) is 5.32 Å². The summed E-state index contributed by atoms with van der Waals surface area (Å²) in [6, 6.07) is -0.864. The number of β-lactam (4-membered cyclic amide) rings is 1. The highest BCUT2D eigenvalue weighted by molar-refractivity contribution is 8.00. The van der Waals surface area contributed by atoms with Gasteiger partial charge in [0.2, 0.25) is 5.91 Å². The monoisotopic (exact) mass is 374 g/mol. The number of carboxylic acids is 2. The maximum absolute atomic E-state index is 12.2. The van der Waals surface area contributed by atoms with E-state index in [1.807, 2.05) is 0 Å². The van der Waals surface area contributed by atoms with E-state index in [0.29, 0.717) is 0 Å². The number of nitrogens with one attached hydrogen (secondary N) is 1. The zero-order chi connectivity index (χ0) is 18.7. The number of aliphatic carboxylic acids is 2. The number of rotatable bonds is 8. The second kappa shape index (κ2) is 7.85. The zero-order valence-electron chi connectivity index (χ0n) is 13.0. The number of carbonyl (C=O) groups excluding carboxylic acids is 2. The Bertz CT molecular complexity index is 634. The molecule has 0 saturated carbocycles. The molecule has 0 spiro atoms. The van der Waals surface area contributed by atoms with Crippen LogP contribution < -0.4 is 5.32 Å². The Kier molecular flexibility index (Phi) is 6.03. The molecule has 0 aromatic rings. The van der Waals surface area contributed by atoms with Crippen molar-refractivity contribution in [3.8, 4) is 0 Å². The lowest BCUT2D eigenvalue weighted by Gasteiger charge is -2.49. The fraction of sp³-hybridized carbons (Fsp3) is 0.571. The average molecular weight is 374 g/mol. The normalized spacial score (nSPS) is 23.6. The van der Waals surface area contributed by atoms with Crippen LogP contribution in [0.1, 0.15) is 19.3 Å². The Morgan fingerprint density at radius 2 is 2.00 bits per heavy atom. The topological polar surface area (TPSA) is 164 Å². The Morgan fingerprint density at radius 3 is 2.56 bits per heavy atom. The van der Waals surface area contributed by atoms with Gasteiger partial charge in [-0.25, -0.2) is 9.59 Å². The van der Waals surface area contributed by atoms with Gasteiger partial charge in [0.25, 0.3) is 5.91 Å². The van der Waals surface area contributed by atoms with E-state index < -0.39 is 47.9 Å². The van der Waals surface area contributed by atoms with Crippen molar-refractivity contribution in [1.29, 1.82) is 0 Å². The summed E-state index contributed by atoms with van der Waals surface area (Å²) in [5.74, 6) is -3.49. The summed E-state index contributed by atoms with van der Waals surface area (Å²) in [7, 11) is 0. The molecule has 1 fully saturated rings. The molecule has 5 N–H and O–H groups in total. The molecular weight excluding hydrogens is 356 g/mol. The SMILES string of the molecule is O=C(CCCC(O)C(=O)O)NC1C(=O)N2C(C(=O)O)=C(CO)CS[C@H]12. The Balaban J connectivity index is 1.91. The Labute approximate surface area is 146 Å². The Morgan fingerprint density at radius 1 is 1.32 bits per heavy atom. The van der Waals surface area contributed by atoms with Crippen molar-refractivity contribution in [2.45, 2.75) is 36.8 Å². The number of nitrogens with zero attached hydrogens (tertiary/aromatic N) is 1. The molecule has 10 nitrogen and oxygen atoms in total. The lowest BCUT2D eigenvalue weighted by molar-refractivity contribution is -0.150. The molecule has 2 amide bonds. The third kappa shape index (κ3) is 3.94. The van der Waals surface area contributed by atoms with Crippen LogP contribution in [-0.4, -0.2) is 79.0 Å². The molecule has 0 aromatic carbocycles. The van der Waals surface area contributed by atoms with Gasteiger partial charge in [0, 0.05) is 12.2 Å². The minimum Gasteiger partial charge on any atom is -0.479 e. The quantitative estimate of drug-likeness (QED) is 0.312. The van der Waals surface area contributed by atoms with E-state index in [9.17, 15) is 29.4 Å². The number of amides is 2. The first-order valence-electron chi connectivity index (χ1n) is 7.49. The third-order valence-electron chi connectivity index (χ3n) is 3.92. The average Bonchev–Trinajstić information content (AvgIpc) is 2.57. The van der Waals surface area contributed by atoms with E-state index in [1.54, 1.807) is 0 Å². The summed E-state index contributed by atoms with van der Waals surface area (Å²) in [5.41, 5.74) is 0.000800. The summed E-state index contributed by atoms with van der Waals surface area (Å²) >= 11 is 1.24. The summed E-state index contributed by atoms with van der Waals surface area (Å²) in [6.07, 6.45) is -1.55. The van der Waals surface area contributed by atoms with Crippen molar-refractivity contribution in [2.75, 3.05) is 12.4 Å². The number of carbonyl (C=O) groups is 4. The van der Waals surface area contributed by atoms with Crippen molar-refractivity contribution in [2.24, 2.45) is 0 Å². The molecule has 2 aliphatic rings. The van der Waals surface area contributed by atoms with E-state index in [0.717, 1.165) is 4.90 Å². The van der Waals surface area contributed by atoms with Gasteiger partial charge >= 0.3 is 11.9 Å². The lowest BCUT2D eigenvalue weighted by atomic mass is 10.0. The van der Waals surface area contributed by atoms with Crippen LogP contribution in [0.5, 0.6) is 0 Å². The van der Waals surface area contributed by atoms with Crippen LogP contribution in [0.4, 0.5) is 0 Å². The van der Waals surface area contributed by atoms with Gasteiger partial charge in [-0.1, -0.05) is 0 Å². The van der Waals surface area contributed by atoms with Crippen LogP contribution in [0, 0.1) is 0 Å². The van der Waals surface area contributed by atoms with Crippen LogP contribution >= 0.6 is 11.8 Å². The highest BCUT2D eigenvalue weighted by Crippen LogP contribution is 2.40. The second-order valence-corrected chi connectivity index (χ2v) is 6.72. The van der Waals surface area contributed by atoms with Crippen molar-refractivity contribution in [3.05, 3.63) is 11.3 Å². The molecule has 2 heterocycles. The minimum absolute atomic E-state index is 0.0605. The molecule has 2 rings (SSSR count). The van der Waals surface area contributed by atoms with Crippen LogP contribution in [0.2, 0.25) is 0 Å². The highest BCUT2D eigenvalue weighted by Gasteiger charge is 2.53. The van der Waals surface area contributed by atoms with Gasteiger partial charge in [0.1, 0.15) is 17.1 Å². The minimum atomic E-state index is -1.54. The first kappa shape index (κ1) is 19.2. The van der Waals surface area contributed by atoms with Gasteiger partial charge < -0.3 is 25.7 Å². The van der Waals surface area contributed by atoms with Crippen molar-refractivity contribution in [3.63, 3.8) is 0 Å². The van der Waals surface area contributed by atoms with Gasteiger partial charge in [-0.3, -0.25) is 14.5 Å². The summed E-state index contributed by atoms with van der Waals surface area (Å²) in [6.45, 7) is -0.464. The molecule has 0 radical (unpaired) electrons. The van der Waals surface area contributed by atoms with Crippen LogP contribution in [0.25, 0.3) is 0 Å². The number of hydrogen-bond donors (Lipinski definition) is 5. The lowest BCUT2D eigenvalue weighted by Crippen LogP contribution is -2.70. The molecule has 0 bridgehead atoms. The van der Waals surface area contributed by atoms with Crippen molar-refractivity contribution in [1.82, 2.24) is 10.2 Å². The Hall–Kier alpha value is -2.11. The summed E-state index contributed by atoms with van der Waals surface area (Å²) in [5, 5.41) is 38.1. The fourth-order valence-corrected chi connectivity index (χ4v) is 3.97. The standard InChI is InChI=1S/C14H18N2O8S/c17-4-6-5-25-12-9(11(20)16(12)10(6)14(23)24)15-8(19)3-1-2-7(18)13(21)22/h7,9,12,17-18H,1-5H2,(H,15,19)(H,21,22)(H,23,24)/t7?,9?,12-/m1/s1. The van der Waals surface area contributed by atoms with E-state index in [1.165, 1.54) is 11.8 Å². The smallest absolute Gasteiger partial charge is 0.352 e. The third-order valence-corrected chi connectivity index (χ3v) is 5.26. The predicted octanol–water partition coefficient (Wildman–Crippen LogP) is -1.67. The number of aliphatic hydroxyl groups is 2. The molecule has 138 valence electrons. The van der Waals surface area contributed by atoms with Gasteiger partial charge in [0.15, 0.2) is 6.10 Å². The molecule has 0 aliphatic carbocycles. The second-order valence-electron chi connectivity index (χ2n) is 5.62. The number of thioether (sulfide) groups is 1. The summed E-state index contributed by atoms with van der Waals surface area (Å²) < 4.78 is 0. The highest BCUT2D eigenvalue weighted by atomic mass is 32.2. The maximum Gasteiger partial charge on any atom is 0.352 e. The first-order valence-corrected chi connectivity index (χ1v) is 8.53. The molecule has 11 heteroatoms. The largest absolute Gasteiger partial charge is 0.479 e. The molecule has 1 saturated heterocycles. The molecule has 25 heavy (non-hydrogen) atoms. The van der Waals surface area contributed by atoms with E-state index in [4.69, 9.17) is 10.2 Å². The van der Waals surface area contributed by atoms with Crippen LogP contribution in [0.3, 0.4) is 0 Å². The van der Waals surface area contributed by atoms with Gasteiger partial charge in [-0.05, 0) is 18.4 Å². The maximum atomic E-state index is 12.2. The van der Waals surface area contributed by atoms with E-state index in [-0.39, 0.29) is 36.3 Å². The fourth-order valence-electron chi connectivity index (χ4n) is 2.63. The molecule has 2 aliphatic heterocycles. The van der Waals surface area contributed by atoms with E-state index >= 15 is 0 Å².